The summed E-state index contributed by atoms with van der Waals surface area (Å²) in [4.78, 5) is 25.9. The molecule has 0 aliphatic heterocycles. The topological polar surface area (TPSA) is 49.4 Å². The van der Waals surface area contributed by atoms with Crippen LogP contribution in [0.2, 0.25) is 5.02 Å². The second kappa shape index (κ2) is 9.23. The van der Waals surface area contributed by atoms with Crippen molar-refractivity contribution in [2.75, 3.05) is 6.54 Å². The van der Waals surface area contributed by atoms with Crippen LogP contribution in [0.15, 0.2) is 54.6 Å². The van der Waals surface area contributed by atoms with Gasteiger partial charge in [0.05, 0.1) is 0 Å². The summed E-state index contributed by atoms with van der Waals surface area (Å²) in [5.41, 5.74) is 2.10. The average molecular weight is 359 g/mol. The maximum atomic E-state index is 12.4. The lowest BCUT2D eigenvalue weighted by atomic mass is 10.1. The van der Waals surface area contributed by atoms with Crippen LogP contribution in [-0.2, 0) is 22.6 Å². The van der Waals surface area contributed by atoms with Crippen LogP contribution in [0.25, 0.3) is 0 Å². The smallest absolute Gasteiger partial charge is 0.242 e. The molecule has 5 heteroatoms. The Morgan fingerprint density at radius 1 is 1.04 bits per heavy atom. The van der Waals surface area contributed by atoms with E-state index in [-0.39, 0.29) is 11.8 Å². The molecule has 4 nitrogen and oxygen atoms in total. The number of benzene rings is 2. The molecular weight excluding hydrogens is 336 g/mol. The number of halogens is 1. The molecule has 132 valence electrons. The minimum Gasteiger partial charge on any atom is -0.354 e. The third kappa shape index (κ3) is 5.91. The first-order chi connectivity index (χ1) is 12.0. The van der Waals surface area contributed by atoms with Gasteiger partial charge >= 0.3 is 0 Å². The lowest BCUT2D eigenvalue weighted by molar-refractivity contribution is -0.138. The van der Waals surface area contributed by atoms with E-state index >= 15 is 0 Å². The summed E-state index contributed by atoms with van der Waals surface area (Å²) in [6, 6.07) is 16.7. The van der Waals surface area contributed by atoms with Crippen LogP contribution in [0, 0.1) is 0 Å². The van der Waals surface area contributed by atoms with Crippen molar-refractivity contribution in [2.45, 2.75) is 32.9 Å². The van der Waals surface area contributed by atoms with Crippen LogP contribution in [0.4, 0.5) is 0 Å². The van der Waals surface area contributed by atoms with Gasteiger partial charge in [-0.2, -0.15) is 0 Å². The Morgan fingerprint density at radius 2 is 1.68 bits per heavy atom. The van der Waals surface area contributed by atoms with Crippen molar-refractivity contribution in [1.82, 2.24) is 10.2 Å². The zero-order chi connectivity index (χ0) is 18.2. The highest BCUT2D eigenvalue weighted by molar-refractivity contribution is 6.30. The van der Waals surface area contributed by atoms with Gasteiger partial charge in [-0.25, -0.2) is 0 Å². The van der Waals surface area contributed by atoms with Crippen LogP contribution < -0.4 is 5.32 Å². The molecule has 2 rings (SSSR count). The summed E-state index contributed by atoms with van der Waals surface area (Å²) >= 11 is 5.89. The Balaban J connectivity index is 1.91. The van der Waals surface area contributed by atoms with Gasteiger partial charge < -0.3 is 10.2 Å². The van der Waals surface area contributed by atoms with E-state index in [2.05, 4.69) is 5.32 Å². The fourth-order valence-electron chi connectivity index (χ4n) is 2.57. The first-order valence-corrected chi connectivity index (χ1v) is 8.68. The fourth-order valence-corrected chi connectivity index (χ4v) is 2.70. The summed E-state index contributed by atoms with van der Waals surface area (Å²) in [5, 5.41) is 3.55. The van der Waals surface area contributed by atoms with Crippen LogP contribution in [0.5, 0.6) is 0 Å². The number of carbonyl (C=O) groups excluding carboxylic acids is 2. The van der Waals surface area contributed by atoms with Gasteiger partial charge in [0.15, 0.2) is 0 Å². The Kier molecular flexibility index (Phi) is 7.02. The second-order valence-electron chi connectivity index (χ2n) is 5.98. The van der Waals surface area contributed by atoms with E-state index < -0.39 is 6.04 Å². The van der Waals surface area contributed by atoms with E-state index in [1.165, 1.54) is 12.5 Å². The van der Waals surface area contributed by atoms with Gasteiger partial charge in [-0.1, -0.05) is 54.1 Å². The first kappa shape index (κ1) is 19.0. The lowest BCUT2D eigenvalue weighted by Gasteiger charge is -2.27. The summed E-state index contributed by atoms with van der Waals surface area (Å²) in [5.74, 6) is -0.291. The summed E-state index contributed by atoms with van der Waals surface area (Å²) < 4.78 is 0. The molecule has 2 amide bonds. The fraction of sp³-hybridized carbons (Fsp3) is 0.300. The van der Waals surface area contributed by atoms with E-state index in [4.69, 9.17) is 11.6 Å². The summed E-state index contributed by atoms with van der Waals surface area (Å²) in [7, 11) is 0. The highest BCUT2D eigenvalue weighted by Gasteiger charge is 2.23. The van der Waals surface area contributed by atoms with Crippen molar-refractivity contribution in [3.8, 4) is 0 Å². The maximum Gasteiger partial charge on any atom is 0.242 e. The molecule has 0 unspecified atom stereocenters. The third-order valence-electron chi connectivity index (χ3n) is 4.07. The number of nitrogens with one attached hydrogen (secondary N) is 1. The molecular formula is C20H23ClN2O2. The minimum absolute atomic E-state index is 0.138. The van der Waals surface area contributed by atoms with E-state index in [9.17, 15) is 9.59 Å². The van der Waals surface area contributed by atoms with Crippen LogP contribution in [0.3, 0.4) is 0 Å². The van der Waals surface area contributed by atoms with Gasteiger partial charge in [0.1, 0.15) is 6.04 Å². The van der Waals surface area contributed by atoms with Gasteiger partial charge in [0.25, 0.3) is 0 Å². The molecule has 0 aromatic heterocycles. The molecule has 0 heterocycles. The van der Waals surface area contributed by atoms with Crippen LogP contribution in [0.1, 0.15) is 25.0 Å². The van der Waals surface area contributed by atoms with Crippen molar-refractivity contribution in [3.63, 3.8) is 0 Å². The molecule has 2 aromatic rings. The zero-order valence-corrected chi connectivity index (χ0v) is 15.3. The molecule has 1 N–H and O–H groups in total. The Labute approximate surface area is 153 Å². The zero-order valence-electron chi connectivity index (χ0n) is 14.5. The van der Waals surface area contributed by atoms with Crippen LogP contribution >= 0.6 is 11.6 Å². The number of amides is 2. The van der Waals surface area contributed by atoms with E-state index in [1.807, 2.05) is 42.5 Å². The maximum absolute atomic E-state index is 12.4. The molecule has 0 spiro atoms. The predicted octanol–water partition coefficient (Wildman–Crippen LogP) is 3.44. The standard InChI is InChI=1S/C20H23ClN2O2/c1-15(20(25)22-13-12-17-6-4-3-5-7-17)23(16(2)24)14-18-8-10-19(21)11-9-18/h3-11,15H,12-14H2,1-2H3,(H,22,25)/t15-/m1/s1. The number of hydrogen-bond acceptors (Lipinski definition) is 2. The Hall–Kier alpha value is -2.33. The molecule has 0 saturated carbocycles. The van der Waals surface area contributed by atoms with Crippen molar-refractivity contribution in [3.05, 3.63) is 70.7 Å². The number of hydrogen-bond donors (Lipinski definition) is 1. The van der Waals surface area contributed by atoms with E-state index in [0.717, 1.165) is 12.0 Å². The van der Waals surface area contributed by atoms with Gasteiger partial charge in [-0.15, -0.1) is 0 Å². The van der Waals surface area contributed by atoms with Crippen molar-refractivity contribution >= 4 is 23.4 Å². The SMILES string of the molecule is CC(=O)N(Cc1ccc(Cl)cc1)[C@H](C)C(=O)NCCc1ccccc1. The lowest BCUT2D eigenvalue weighted by Crippen LogP contribution is -2.47. The van der Waals surface area contributed by atoms with Crippen molar-refractivity contribution < 1.29 is 9.59 Å². The molecule has 1 atom stereocenters. The summed E-state index contributed by atoms with van der Waals surface area (Å²) in [6.07, 6.45) is 0.760. The average Bonchev–Trinajstić information content (AvgIpc) is 2.61. The monoisotopic (exact) mass is 358 g/mol. The van der Waals surface area contributed by atoms with E-state index in [1.54, 1.807) is 24.0 Å². The third-order valence-corrected chi connectivity index (χ3v) is 4.33. The minimum atomic E-state index is -0.538. The van der Waals surface area contributed by atoms with E-state index in [0.29, 0.717) is 18.1 Å². The molecule has 25 heavy (non-hydrogen) atoms. The normalized spacial score (nSPS) is 11.6. The first-order valence-electron chi connectivity index (χ1n) is 8.30. The number of rotatable bonds is 7. The van der Waals surface area contributed by atoms with Gasteiger partial charge in [-0.3, -0.25) is 9.59 Å². The molecule has 0 radical (unpaired) electrons. The molecule has 0 aliphatic carbocycles. The second-order valence-corrected chi connectivity index (χ2v) is 6.41. The largest absolute Gasteiger partial charge is 0.354 e. The highest BCUT2D eigenvalue weighted by atomic mass is 35.5. The number of nitrogens with zero attached hydrogens (tertiary/aromatic N) is 1. The molecule has 2 aromatic carbocycles. The molecule has 0 bridgehead atoms. The Bertz CT molecular complexity index is 701. The van der Waals surface area contributed by atoms with Crippen LogP contribution in [-0.4, -0.2) is 29.3 Å². The van der Waals surface area contributed by atoms with Gasteiger partial charge in [0, 0.05) is 25.0 Å². The van der Waals surface area contributed by atoms with Gasteiger partial charge in [-0.05, 0) is 36.6 Å². The van der Waals surface area contributed by atoms with Crippen molar-refractivity contribution in [1.29, 1.82) is 0 Å². The molecule has 0 fully saturated rings. The predicted molar refractivity (Wildman–Crippen MR) is 100 cm³/mol. The highest BCUT2D eigenvalue weighted by Crippen LogP contribution is 2.13. The molecule has 0 aliphatic rings. The quantitative estimate of drug-likeness (QED) is 0.824. The van der Waals surface area contributed by atoms with Crippen molar-refractivity contribution in [2.24, 2.45) is 0 Å². The Morgan fingerprint density at radius 3 is 2.28 bits per heavy atom. The number of carbonyl (C=O) groups is 2. The summed E-state index contributed by atoms with van der Waals surface area (Å²) in [6.45, 7) is 4.14. The molecule has 0 saturated heterocycles. The van der Waals surface area contributed by atoms with Gasteiger partial charge in [0.2, 0.25) is 11.8 Å².